The molecular weight excluding hydrogens is 496 g/mol. The van der Waals surface area contributed by atoms with Gasteiger partial charge in [-0.1, -0.05) is 40.2 Å². The largest absolute Gasteiger partial charge is 0.507 e. The Kier molecular flexibility index (Phi) is 8.71. The molecule has 0 aliphatic heterocycles. The maximum Gasteiger partial charge on any atom is 0.178 e. The quantitative estimate of drug-likeness (QED) is 0.253. The molecule has 1 N–H and O–H groups in total. The number of methoxy groups -OCH3 is 3. The van der Waals surface area contributed by atoms with Gasteiger partial charge < -0.3 is 19.3 Å². The van der Waals surface area contributed by atoms with E-state index in [1.54, 1.807) is 57.7 Å². The van der Waals surface area contributed by atoms with E-state index in [9.17, 15) is 9.90 Å². The van der Waals surface area contributed by atoms with E-state index in [1.165, 1.54) is 12.2 Å². The van der Waals surface area contributed by atoms with Crippen molar-refractivity contribution >= 4 is 46.0 Å². The monoisotopic (exact) mass is 520 g/mol. The van der Waals surface area contributed by atoms with Gasteiger partial charge in [-0.3, -0.25) is 4.79 Å². The van der Waals surface area contributed by atoms with Crippen LogP contribution in [-0.2, 0) is 4.79 Å². The summed E-state index contributed by atoms with van der Waals surface area (Å²) in [6.45, 7) is 0. The van der Waals surface area contributed by atoms with Crippen LogP contribution in [0.15, 0.2) is 71.2 Å². The van der Waals surface area contributed by atoms with Crippen LogP contribution in [-0.4, -0.2) is 32.2 Å². The lowest BCUT2D eigenvalue weighted by atomic mass is 10.0. The molecule has 0 unspecified atom stereocenters. The number of rotatable bonds is 9. The van der Waals surface area contributed by atoms with Gasteiger partial charge in [0.15, 0.2) is 5.78 Å². The zero-order chi connectivity index (χ0) is 24.5. The Labute approximate surface area is 207 Å². The van der Waals surface area contributed by atoms with Gasteiger partial charge in [0.2, 0.25) is 0 Å². The van der Waals surface area contributed by atoms with Crippen molar-refractivity contribution in [3.63, 3.8) is 0 Å². The van der Waals surface area contributed by atoms with Crippen molar-refractivity contribution in [1.29, 1.82) is 0 Å². The zero-order valence-electron chi connectivity index (χ0n) is 19.1. The van der Waals surface area contributed by atoms with Crippen LogP contribution in [0.1, 0.15) is 22.3 Å². The lowest BCUT2D eigenvalue weighted by Gasteiger charge is -2.11. The standard InChI is InChI=1S/C28H25BrO5/c1-32-24-12-5-19(6-13-24)4-7-20-17-25(33-2)18-28(34-3)26(20)14-11-23(30)10-8-21-16-22(29)9-15-27(21)31/h4-18,31H,1-3H3/b7-4+,10-8+,14-11+. The first-order valence-electron chi connectivity index (χ1n) is 10.4. The van der Waals surface area contributed by atoms with Gasteiger partial charge in [-0.2, -0.15) is 0 Å². The fraction of sp³-hybridized carbons (Fsp3) is 0.107. The van der Waals surface area contributed by atoms with E-state index < -0.39 is 0 Å². The highest BCUT2D eigenvalue weighted by Crippen LogP contribution is 2.31. The second kappa shape index (κ2) is 11.9. The highest BCUT2D eigenvalue weighted by molar-refractivity contribution is 9.10. The van der Waals surface area contributed by atoms with E-state index >= 15 is 0 Å². The third kappa shape index (κ3) is 6.62. The van der Waals surface area contributed by atoms with E-state index in [4.69, 9.17) is 14.2 Å². The lowest BCUT2D eigenvalue weighted by Crippen LogP contribution is -1.94. The van der Waals surface area contributed by atoms with Crippen LogP contribution in [0.25, 0.3) is 24.3 Å². The molecule has 0 spiro atoms. The summed E-state index contributed by atoms with van der Waals surface area (Å²) in [5.74, 6) is 1.86. The maximum absolute atomic E-state index is 12.5. The molecule has 0 amide bonds. The Morgan fingerprint density at radius 2 is 1.47 bits per heavy atom. The SMILES string of the molecule is COc1ccc(/C=C/c2cc(OC)cc(OC)c2/C=C/C(=O)/C=C/c2cc(Br)ccc2O)cc1. The minimum Gasteiger partial charge on any atom is -0.507 e. The first-order valence-corrected chi connectivity index (χ1v) is 11.2. The molecule has 0 radical (unpaired) electrons. The van der Waals surface area contributed by atoms with Gasteiger partial charge in [-0.05, 0) is 71.8 Å². The molecule has 3 aromatic rings. The fourth-order valence-corrected chi connectivity index (χ4v) is 3.56. The minimum absolute atomic E-state index is 0.0963. The van der Waals surface area contributed by atoms with E-state index in [0.29, 0.717) is 17.1 Å². The fourth-order valence-electron chi connectivity index (χ4n) is 3.18. The number of halogens is 1. The summed E-state index contributed by atoms with van der Waals surface area (Å²) in [5, 5.41) is 9.95. The van der Waals surface area contributed by atoms with Crippen molar-refractivity contribution in [3.8, 4) is 23.0 Å². The smallest absolute Gasteiger partial charge is 0.178 e. The normalized spacial score (nSPS) is 11.4. The Morgan fingerprint density at radius 1 is 0.765 bits per heavy atom. The van der Waals surface area contributed by atoms with Crippen LogP contribution in [0.3, 0.4) is 0 Å². The summed E-state index contributed by atoms with van der Waals surface area (Å²) >= 11 is 3.36. The molecule has 5 nitrogen and oxygen atoms in total. The van der Waals surface area contributed by atoms with E-state index in [0.717, 1.165) is 26.9 Å². The van der Waals surface area contributed by atoms with Crippen molar-refractivity contribution in [2.75, 3.05) is 21.3 Å². The average molecular weight is 521 g/mol. The number of phenolic OH excluding ortho intramolecular Hbond substituents is 1. The Bertz CT molecular complexity index is 1240. The molecule has 6 heteroatoms. The number of allylic oxidation sites excluding steroid dienone is 2. The molecule has 174 valence electrons. The highest BCUT2D eigenvalue weighted by Gasteiger charge is 2.09. The average Bonchev–Trinajstić information content (AvgIpc) is 2.86. The van der Waals surface area contributed by atoms with Crippen molar-refractivity contribution in [2.24, 2.45) is 0 Å². The molecule has 0 fully saturated rings. The molecule has 3 aromatic carbocycles. The van der Waals surface area contributed by atoms with Gasteiger partial charge >= 0.3 is 0 Å². The molecule has 0 aliphatic carbocycles. The van der Waals surface area contributed by atoms with Crippen LogP contribution in [0, 0.1) is 0 Å². The predicted octanol–water partition coefficient (Wildman–Crippen LogP) is 6.65. The summed E-state index contributed by atoms with van der Waals surface area (Å²) in [4.78, 5) is 12.5. The topological polar surface area (TPSA) is 65.0 Å². The molecule has 0 atom stereocenters. The van der Waals surface area contributed by atoms with Gasteiger partial charge in [0.25, 0.3) is 0 Å². The molecule has 3 rings (SSSR count). The van der Waals surface area contributed by atoms with Crippen molar-refractivity contribution in [1.82, 2.24) is 0 Å². The van der Waals surface area contributed by atoms with Crippen LogP contribution in [0.2, 0.25) is 0 Å². The van der Waals surface area contributed by atoms with Crippen molar-refractivity contribution in [2.45, 2.75) is 0 Å². The molecule has 34 heavy (non-hydrogen) atoms. The maximum atomic E-state index is 12.5. The van der Waals surface area contributed by atoms with Gasteiger partial charge in [0, 0.05) is 21.7 Å². The minimum atomic E-state index is -0.234. The van der Waals surface area contributed by atoms with Gasteiger partial charge in [-0.25, -0.2) is 0 Å². The second-order valence-corrected chi connectivity index (χ2v) is 8.13. The predicted molar refractivity (Wildman–Crippen MR) is 140 cm³/mol. The number of aromatic hydroxyl groups is 1. The first-order chi connectivity index (χ1) is 16.4. The number of hydrogen-bond donors (Lipinski definition) is 1. The molecule has 0 saturated heterocycles. The first kappa shape index (κ1) is 24.9. The molecule has 0 bridgehead atoms. The zero-order valence-corrected chi connectivity index (χ0v) is 20.7. The van der Waals surface area contributed by atoms with Crippen LogP contribution in [0.5, 0.6) is 23.0 Å². The molecular formula is C28H25BrO5. The number of phenols is 1. The molecule has 0 aromatic heterocycles. The number of benzene rings is 3. The van der Waals surface area contributed by atoms with Crippen molar-refractivity contribution in [3.05, 3.63) is 93.5 Å². The van der Waals surface area contributed by atoms with Crippen molar-refractivity contribution < 1.29 is 24.1 Å². The van der Waals surface area contributed by atoms with Crippen LogP contribution in [0.4, 0.5) is 0 Å². The molecule has 0 heterocycles. The summed E-state index contributed by atoms with van der Waals surface area (Å²) < 4.78 is 17.0. The number of carbonyl (C=O) groups excluding carboxylic acids is 1. The number of ether oxygens (including phenoxy) is 3. The number of ketones is 1. The van der Waals surface area contributed by atoms with E-state index in [-0.39, 0.29) is 11.5 Å². The summed E-state index contributed by atoms with van der Waals surface area (Å²) in [6, 6.07) is 16.4. The number of hydrogen-bond acceptors (Lipinski definition) is 5. The second-order valence-electron chi connectivity index (χ2n) is 7.21. The van der Waals surface area contributed by atoms with Crippen LogP contribution < -0.4 is 14.2 Å². The summed E-state index contributed by atoms with van der Waals surface area (Å²) in [5.41, 5.74) is 3.09. The highest BCUT2D eigenvalue weighted by atomic mass is 79.9. The summed E-state index contributed by atoms with van der Waals surface area (Å²) in [6.07, 6.45) is 10.0. The third-order valence-electron chi connectivity index (χ3n) is 5.01. The van der Waals surface area contributed by atoms with Gasteiger partial charge in [0.1, 0.15) is 23.0 Å². The van der Waals surface area contributed by atoms with E-state index in [1.807, 2.05) is 42.5 Å². The van der Waals surface area contributed by atoms with Gasteiger partial charge in [0.05, 0.1) is 21.3 Å². The Balaban J connectivity index is 1.90. The van der Waals surface area contributed by atoms with Gasteiger partial charge in [-0.15, -0.1) is 0 Å². The Morgan fingerprint density at radius 3 is 2.15 bits per heavy atom. The third-order valence-corrected chi connectivity index (χ3v) is 5.50. The summed E-state index contributed by atoms with van der Waals surface area (Å²) in [7, 11) is 4.79. The van der Waals surface area contributed by atoms with Crippen LogP contribution >= 0.6 is 15.9 Å². The molecule has 0 aliphatic rings. The number of carbonyl (C=O) groups is 1. The lowest BCUT2D eigenvalue weighted by molar-refractivity contribution is -0.110. The molecule has 0 saturated carbocycles. The Hall–Kier alpha value is -3.77. The van der Waals surface area contributed by atoms with E-state index in [2.05, 4.69) is 15.9 Å².